The van der Waals surface area contributed by atoms with Crippen LogP contribution in [0.2, 0.25) is 0 Å². The van der Waals surface area contributed by atoms with Crippen LogP contribution >= 0.6 is 0 Å². The average Bonchev–Trinajstić information content (AvgIpc) is 2.51. The molecule has 0 saturated heterocycles. The standard InChI is InChI=1S/C21H32O3/c1-15-7-10-18-20(2,3)11-6-12-21(18,4)17(15)9-8-16(14-22)13-19(23)24-5/h7,10,13,17-18,22H,1,6,8-9,11-12,14H2,2-5H3/b16-13+/t17-,18-,21+/m1/s1. The second-order valence-corrected chi connectivity index (χ2v) is 8.33. The molecule has 0 bridgehead atoms. The first-order chi connectivity index (χ1) is 11.2. The van der Waals surface area contributed by atoms with E-state index in [1.54, 1.807) is 0 Å². The normalized spacial score (nSPS) is 32.4. The predicted octanol–water partition coefficient (Wildman–Crippen LogP) is 4.43. The van der Waals surface area contributed by atoms with Gasteiger partial charge in [0.2, 0.25) is 0 Å². The van der Waals surface area contributed by atoms with Gasteiger partial charge < -0.3 is 9.84 Å². The molecule has 0 aliphatic heterocycles. The van der Waals surface area contributed by atoms with E-state index in [9.17, 15) is 9.90 Å². The number of fused-ring (bicyclic) bond motifs is 1. The lowest BCUT2D eigenvalue weighted by atomic mass is 9.49. The smallest absolute Gasteiger partial charge is 0.330 e. The predicted molar refractivity (Wildman–Crippen MR) is 97.4 cm³/mol. The SMILES string of the molecule is C=C1C=C[C@@H]2C(C)(C)CCC[C@@]2(C)[C@@H]1CC/C(=C\C(=O)OC)CO. The second-order valence-electron chi connectivity index (χ2n) is 8.33. The highest BCUT2D eigenvalue weighted by molar-refractivity contribution is 5.82. The van der Waals surface area contributed by atoms with Gasteiger partial charge >= 0.3 is 5.97 Å². The number of aliphatic hydroxyl groups is 1. The Morgan fingerprint density at radius 2 is 2.12 bits per heavy atom. The molecule has 3 atom stereocenters. The van der Waals surface area contributed by atoms with E-state index < -0.39 is 5.97 Å². The Bertz CT molecular complexity index is 555. The van der Waals surface area contributed by atoms with Gasteiger partial charge in [-0.3, -0.25) is 0 Å². The van der Waals surface area contributed by atoms with Crippen molar-refractivity contribution in [3.63, 3.8) is 0 Å². The van der Waals surface area contributed by atoms with Crippen molar-refractivity contribution in [2.75, 3.05) is 13.7 Å². The molecule has 2 aliphatic rings. The summed E-state index contributed by atoms with van der Waals surface area (Å²) in [5.74, 6) is 0.542. The molecule has 0 aromatic rings. The first-order valence-electron chi connectivity index (χ1n) is 9.00. The summed E-state index contributed by atoms with van der Waals surface area (Å²) in [6.07, 6.45) is 11.3. The lowest BCUT2D eigenvalue weighted by molar-refractivity contribution is -0.134. The van der Waals surface area contributed by atoms with Gasteiger partial charge in [0, 0.05) is 6.08 Å². The fraction of sp³-hybridized carbons (Fsp3) is 0.667. The second kappa shape index (κ2) is 7.26. The topological polar surface area (TPSA) is 46.5 Å². The van der Waals surface area contributed by atoms with Crippen molar-refractivity contribution in [2.45, 2.75) is 52.9 Å². The zero-order valence-corrected chi connectivity index (χ0v) is 15.6. The summed E-state index contributed by atoms with van der Waals surface area (Å²) < 4.78 is 4.67. The van der Waals surface area contributed by atoms with Gasteiger partial charge in [0.15, 0.2) is 0 Å². The fourth-order valence-corrected chi connectivity index (χ4v) is 5.03. The molecule has 0 heterocycles. The summed E-state index contributed by atoms with van der Waals surface area (Å²) in [5.41, 5.74) is 2.44. The lowest BCUT2D eigenvalue weighted by Gasteiger charge is -2.55. The molecule has 0 aromatic carbocycles. The molecule has 1 saturated carbocycles. The van der Waals surface area contributed by atoms with E-state index in [1.807, 2.05) is 0 Å². The Balaban J connectivity index is 2.19. The number of carbonyl (C=O) groups excluding carboxylic acids is 1. The average molecular weight is 332 g/mol. The molecule has 2 rings (SSSR count). The van der Waals surface area contributed by atoms with Crippen molar-refractivity contribution in [1.82, 2.24) is 0 Å². The third kappa shape index (κ3) is 3.66. The Labute approximate surface area is 146 Å². The zero-order chi connectivity index (χ0) is 18.0. The van der Waals surface area contributed by atoms with Crippen molar-refractivity contribution in [3.8, 4) is 0 Å². The molecule has 0 unspecified atom stereocenters. The van der Waals surface area contributed by atoms with E-state index in [0.29, 0.717) is 23.7 Å². The van der Waals surface area contributed by atoms with Crippen LogP contribution < -0.4 is 0 Å². The van der Waals surface area contributed by atoms with Gasteiger partial charge in [-0.05, 0) is 53.9 Å². The van der Waals surface area contributed by atoms with Gasteiger partial charge in [0.25, 0.3) is 0 Å². The summed E-state index contributed by atoms with van der Waals surface area (Å²) in [4.78, 5) is 11.4. The maximum absolute atomic E-state index is 11.4. The number of rotatable bonds is 5. The number of esters is 1. The highest BCUT2D eigenvalue weighted by Crippen LogP contribution is 2.59. The molecule has 24 heavy (non-hydrogen) atoms. The van der Waals surface area contributed by atoms with E-state index in [-0.39, 0.29) is 12.0 Å². The molecule has 0 aromatic heterocycles. The lowest BCUT2D eigenvalue weighted by Crippen LogP contribution is -2.47. The van der Waals surface area contributed by atoms with Crippen molar-refractivity contribution < 1.29 is 14.6 Å². The first-order valence-corrected chi connectivity index (χ1v) is 9.00. The summed E-state index contributed by atoms with van der Waals surface area (Å²) in [6.45, 7) is 11.4. The number of hydrogen-bond donors (Lipinski definition) is 1. The first kappa shape index (κ1) is 19.0. The molecular weight excluding hydrogens is 300 g/mol. The molecule has 0 amide bonds. The van der Waals surface area contributed by atoms with Crippen LogP contribution in [0.3, 0.4) is 0 Å². The molecule has 0 spiro atoms. The summed E-state index contributed by atoms with van der Waals surface area (Å²) in [5, 5.41) is 9.53. The molecule has 1 N–H and O–H groups in total. The van der Waals surface area contributed by atoms with Crippen LogP contribution in [0.15, 0.2) is 36.0 Å². The van der Waals surface area contributed by atoms with Gasteiger partial charge in [-0.15, -0.1) is 0 Å². The Morgan fingerprint density at radius 1 is 1.42 bits per heavy atom. The number of aliphatic hydroxyl groups excluding tert-OH is 1. The van der Waals surface area contributed by atoms with Crippen LogP contribution in [-0.4, -0.2) is 24.8 Å². The summed E-state index contributed by atoms with van der Waals surface area (Å²) >= 11 is 0. The number of hydrogen-bond acceptors (Lipinski definition) is 3. The molecule has 0 radical (unpaired) electrons. The van der Waals surface area contributed by atoms with E-state index in [0.717, 1.165) is 12.0 Å². The quantitative estimate of drug-likeness (QED) is 0.598. The van der Waals surface area contributed by atoms with Gasteiger partial charge in [-0.2, -0.15) is 0 Å². The summed E-state index contributed by atoms with van der Waals surface area (Å²) in [7, 11) is 1.36. The van der Waals surface area contributed by atoms with Crippen molar-refractivity contribution in [1.29, 1.82) is 0 Å². The van der Waals surface area contributed by atoms with E-state index in [2.05, 4.69) is 44.2 Å². The molecule has 134 valence electrons. The third-order valence-electron chi connectivity index (χ3n) is 6.32. The number of carbonyl (C=O) groups is 1. The van der Waals surface area contributed by atoms with Crippen LogP contribution in [0.25, 0.3) is 0 Å². The minimum atomic E-state index is -0.399. The maximum atomic E-state index is 11.4. The van der Waals surface area contributed by atoms with Crippen molar-refractivity contribution in [3.05, 3.63) is 36.0 Å². The van der Waals surface area contributed by atoms with E-state index in [1.165, 1.54) is 38.0 Å². The largest absolute Gasteiger partial charge is 0.466 e. The highest BCUT2D eigenvalue weighted by Gasteiger charge is 2.50. The Kier molecular flexibility index (Phi) is 5.74. The van der Waals surface area contributed by atoms with Gasteiger partial charge in [0.1, 0.15) is 0 Å². The Hall–Kier alpha value is -1.35. The van der Waals surface area contributed by atoms with Crippen LogP contribution in [0, 0.1) is 22.7 Å². The summed E-state index contributed by atoms with van der Waals surface area (Å²) in [6, 6.07) is 0. The van der Waals surface area contributed by atoms with Crippen LogP contribution in [0.4, 0.5) is 0 Å². The van der Waals surface area contributed by atoms with Gasteiger partial charge in [-0.25, -0.2) is 4.79 Å². The monoisotopic (exact) mass is 332 g/mol. The van der Waals surface area contributed by atoms with Crippen LogP contribution in [0.5, 0.6) is 0 Å². The highest BCUT2D eigenvalue weighted by atomic mass is 16.5. The minimum Gasteiger partial charge on any atom is -0.466 e. The molecular formula is C21H32O3. The zero-order valence-electron chi connectivity index (χ0n) is 15.6. The van der Waals surface area contributed by atoms with Crippen molar-refractivity contribution in [2.24, 2.45) is 22.7 Å². The fourth-order valence-electron chi connectivity index (χ4n) is 5.03. The van der Waals surface area contributed by atoms with E-state index >= 15 is 0 Å². The number of allylic oxidation sites excluding steroid dienone is 3. The Morgan fingerprint density at radius 3 is 2.75 bits per heavy atom. The molecule has 2 aliphatic carbocycles. The molecule has 3 heteroatoms. The maximum Gasteiger partial charge on any atom is 0.330 e. The van der Waals surface area contributed by atoms with Crippen LogP contribution in [-0.2, 0) is 9.53 Å². The number of ether oxygens (including phenoxy) is 1. The molecule has 3 nitrogen and oxygen atoms in total. The third-order valence-corrected chi connectivity index (χ3v) is 6.32. The minimum absolute atomic E-state index is 0.101. The van der Waals surface area contributed by atoms with E-state index in [4.69, 9.17) is 0 Å². The van der Waals surface area contributed by atoms with Gasteiger partial charge in [-0.1, -0.05) is 51.5 Å². The van der Waals surface area contributed by atoms with Crippen molar-refractivity contribution >= 4 is 5.97 Å². The molecule has 1 fully saturated rings. The number of methoxy groups -OCH3 is 1. The van der Waals surface area contributed by atoms with Crippen LogP contribution in [0.1, 0.15) is 52.9 Å². The van der Waals surface area contributed by atoms with Gasteiger partial charge in [0.05, 0.1) is 13.7 Å².